The first-order chi connectivity index (χ1) is 11.7. The van der Waals surface area contributed by atoms with Crippen LogP contribution < -0.4 is 0 Å². The first-order valence-corrected chi connectivity index (χ1v) is 7.87. The predicted octanol–water partition coefficient (Wildman–Crippen LogP) is 2.64. The Morgan fingerprint density at radius 1 is 1.33 bits per heavy atom. The normalized spacial score (nSPS) is 19.0. The van der Waals surface area contributed by atoms with Gasteiger partial charge in [-0.25, -0.2) is 4.39 Å². The van der Waals surface area contributed by atoms with Crippen LogP contribution in [-0.4, -0.2) is 39.7 Å². The van der Waals surface area contributed by atoms with Gasteiger partial charge in [-0.15, -0.1) is 0 Å². The summed E-state index contributed by atoms with van der Waals surface area (Å²) < 4.78 is 24.7. The molecule has 1 unspecified atom stereocenters. The van der Waals surface area contributed by atoms with Crippen LogP contribution in [-0.2, 0) is 11.3 Å². The van der Waals surface area contributed by atoms with Crippen LogP contribution >= 0.6 is 0 Å². The second kappa shape index (κ2) is 6.26. The summed E-state index contributed by atoms with van der Waals surface area (Å²) in [5.74, 6) is 0.850. The average molecular weight is 328 g/mol. The molecule has 3 heterocycles. The Hall–Kier alpha value is -2.38. The van der Waals surface area contributed by atoms with Crippen LogP contribution in [0.25, 0.3) is 10.9 Å². The smallest absolute Gasteiger partial charge is 0.223 e. The van der Waals surface area contributed by atoms with Gasteiger partial charge in [0.05, 0.1) is 12.1 Å². The Bertz CT molecular complexity index is 867. The molecule has 4 rings (SSSR count). The summed E-state index contributed by atoms with van der Waals surface area (Å²) in [6.07, 6.45) is 1.48. The van der Waals surface area contributed by atoms with Crippen LogP contribution in [0.3, 0.4) is 0 Å². The lowest BCUT2D eigenvalue weighted by Gasteiger charge is -2.31. The number of morpholine rings is 1. The molecule has 1 aromatic carbocycles. The number of benzene rings is 1. The third-order valence-corrected chi connectivity index (χ3v) is 4.18. The van der Waals surface area contributed by atoms with Gasteiger partial charge >= 0.3 is 0 Å². The van der Waals surface area contributed by atoms with Crippen LogP contribution in [0.4, 0.5) is 4.39 Å². The van der Waals surface area contributed by atoms with Crippen LogP contribution in [0.15, 0.2) is 35.0 Å². The Balaban J connectivity index is 1.56. The van der Waals surface area contributed by atoms with Gasteiger partial charge in [-0.3, -0.25) is 9.88 Å². The molecule has 1 aliphatic rings. The molecule has 1 atom stereocenters. The maximum Gasteiger partial charge on any atom is 0.223 e. The zero-order chi connectivity index (χ0) is 16.5. The van der Waals surface area contributed by atoms with Gasteiger partial charge in [-0.05, 0) is 23.8 Å². The van der Waals surface area contributed by atoms with Gasteiger partial charge in [0.15, 0.2) is 0 Å². The van der Waals surface area contributed by atoms with Gasteiger partial charge in [-0.2, -0.15) is 4.98 Å². The SMILES string of the molecule is Cc1nc(C2CN(Cc3ccc(F)c4cccnc34)CCO2)no1. The standard InChI is InChI=1S/C17H17FN4O2/c1-11-20-17(21-24-11)15-10-22(7-8-23-15)9-12-4-5-14(18)13-3-2-6-19-16(12)13/h2-6,15H,7-10H2,1H3. The molecule has 2 aromatic heterocycles. The highest BCUT2D eigenvalue weighted by Gasteiger charge is 2.26. The molecule has 3 aromatic rings. The predicted molar refractivity (Wildman–Crippen MR) is 84.7 cm³/mol. The monoisotopic (exact) mass is 328 g/mol. The van der Waals surface area contributed by atoms with Crippen molar-refractivity contribution in [1.82, 2.24) is 20.0 Å². The second-order valence-corrected chi connectivity index (χ2v) is 5.87. The summed E-state index contributed by atoms with van der Waals surface area (Å²) >= 11 is 0. The van der Waals surface area contributed by atoms with Crippen molar-refractivity contribution in [2.75, 3.05) is 19.7 Å². The van der Waals surface area contributed by atoms with Crippen LogP contribution in [0.1, 0.15) is 23.4 Å². The molecular weight excluding hydrogens is 311 g/mol. The summed E-state index contributed by atoms with van der Waals surface area (Å²) in [4.78, 5) is 10.8. The molecule has 0 aliphatic carbocycles. The third-order valence-electron chi connectivity index (χ3n) is 4.18. The lowest BCUT2D eigenvalue weighted by atomic mass is 10.1. The van der Waals surface area contributed by atoms with E-state index in [1.807, 2.05) is 0 Å². The van der Waals surface area contributed by atoms with E-state index in [9.17, 15) is 4.39 Å². The lowest BCUT2D eigenvalue weighted by Crippen LogP contribution is -2.38. The number of ether oxygens (including phenoxy) is 1. The number of hydrogen-bond acceptors (Lipinski definition) is 6. The van der Waals surface area contributed by atoms with Crippen molar-refractivity contribution in [3.05, 3.63) is 53.6 Å². The minimum atomic E-state index is -0.246. The molecule has 1 fully saturated rings. The summed E-state index contributed by atoms with van der Waals surface area (Å²) in [6, 6.07) is 6.80. The number of nitrogens with zero attached hydrogens (tertiary/aromatic N) is 4. The maximum absolute atomic E-state index is 13.9. The van der Waals surface area contributed by atoms with E-state index in [1.165, 1.54) is 6.07 Å². The van der Waals surface area contributed by atoms with Crippen molar-refractivity contribution in [2.45, 2.75) is 19.6 Å². The highest BCUT2D eigenvalue weighted by molar-refractivity contribution is 5.82. The molecule has 6 nitrogen and oxygen atoms in total. The number of rotatable bonds is 3. The molecule has 0 N–H and O–H groups in total. The Morgan fingerprint density at radius 2 is 2.25 bits per heavy atom. The molecule has 0 amide bonds. The Labute approximate surface area is 138 Å². The van der Waals surface area contributed by atoms with Gasteiger partial charge < -0.3 is 9.26 Å². The van der Waals surface area contributed by atoms with E-state index in [2.05, 4.69) is 20.0 Å². The molecule has 124 valence electrons. The van der Waals surface area contributed by atoms with E-state index in [0.717, 1.165) is 12.1 Å². The zero-order valence-electron chi connectivity index (χ0n) is 13.3. The third kappa shape index (κ3) is 2.88. The first-order valence-electron chi connectivity index (χ1n) is 7.87. The lowest BCUT2D eigenvalue weighted by molar-refractivity contribution is -0.0379. The molecule has 0 saturated carbocycles. The van der Waals surface area contributed by atoms with Crippen molar-refractivity contribution in [1.29, 1.82) is 0 Å². The molecular formula is C17H17FN4O2. The van der Waals surface area contributed by atoms with Gasteiger partial charge in [0.2, 0.25) is 11.7 Å². The quantitative estimate of drug-likeness (QED) is 0.736. The van der Waals surface area contributed by atoms with E-state index in [-0.39, 0.29) is 11.9 Å². The van der Waals surface area contributed by atoms with E-state index in [0.29, 0.717) is 42.3 Å². The fourth-order valence-corrected chi connectivity index (χ4v) is 3.01. The summed E-state index contributed by atoms with van der Waals surface area (Å²) in [5.41, 5.74) is 1.70. The number of aryl methyl sites for hydroxylation is 1. The molecule has 1 saturated heterocycles. The van der Waals surface area contributed by atoms with Crippen LogP contribution in [0.5, 0.6) is 0 Å². The van der Waals surface area contributed by atoms with Gasteiger partial charge in [0.25, 0.3) is 0 Å². The molecule has 0 radical (unpaired) electrons. The minimum absolute atomic E-state index is 0.212. The second-order valence-electron chi connectivity index (χ2n) is 5.87. The summed E-state index contributed by atoms with van der Waals surface area (Å²) in [6.45, 7) is 4.46. The van der Waals surface area contributed by atoms with E-state index >= 15 is 0 Å². The van der Waals surface area contributed by atoms with Crippen LogP contribution in [0.2, 0.25) is 0 Å². The van der Waals surface area contributed by atoms with Crippen molar-refractivity contribution in [3.8, 4) is 0 Å². The van der Waals surface area contributed by atoms with E-state index in [4.69, 9.17) is 9.26 Å². The first kappa shape index (κ1) is 15.2. The molecule has 0 bridgehead atoms. The topological polar surface area (TPSA) is 64.3 Å². The maximum atomic E-state index is 13.9. The van der Waals surface area contributed by atoms with E-state index in [1.54, 1.807) is 31.3 Å². The number of pyridine rings is 1. The van der Waals surface area contributed by atoms with Crippen molar-refractivity contribution < 1.29 is 13.7 Å². The van der Waals surface area contributed by atoms with Crippen molar-refractivity contribution in [2.24, 2.45) is 0 Å². The van der Waals surface area contributed by atoms with Gasteiger partial charge in [0.1, 0.15) is 11.9 Å². The van der Waals surface area contributed by atoms with Gasteiger partial charge in [-0.1, -0.05) is 11.2 Å². The fraction of sp³-hybridized carbons (Fsp3) is 0.353. The van der Waals surface area contributed by atoms with E-state index < -0.39 is 0 Å². The highest BCUT2D eigenvalue weighted by Crippen LogP contribution is 2.24. The molecule has 24 heavy (non-hydrogen) atoms. The van der Waals surface area contributed by atoms with Crippen LogP contribution in [0, 0.1) is 12.7 Å². The Morgan fingerprint density at radius 3 is 3.08 bits per heavy atom. The fourth-order valence-electron chi connectivity index (χ4n) is 3.01. The number of halogens is 1. The van der Waals surface area contributed by atoms with Gasteiger partial charge in [0, 0.05) is 38.1 Å². The average Bonchev–Trinajstić information content (AvgIpc) is 3.05. The highest BCUT2D eigenvalue weighted by atomic mass is 19.1. The number of hydrogen-bond donors (Lipinski definition) is 0. The molecule has 1 aliphatic heterocycles. The Kier molecular flexibility index (Phi) is 3.95. The number of aromatic nitrogens is 3. The number of fused-ring (bicyclic) bond motifs is 1. The summed E-state index contributed by atoms with van der Waals surface area (Å²) in [7, 11) is 0. The zero-order valence-corrected chi connectivity index (χ0v) is 13.3. The molecule has 7 heteroatoms. The summed E-state index contributed by atoms with van der Waals surface area (Å²) in [5, 5.41) is 4.49. The molecule has 0 spiro atoms. The largest absolute Gasteiger partial charge is 0.367 e. The van der Waals surface area contributed by atoms with Crippen molar-refractivity contribution >= 4 is 10.9 Å². The minimum Gasteiger partial charge on any atom is -0.367 e. The van der Waals surface area contributed by atoms with Crippen molar-refractivity contribution in [3.63, 3.8) is 0 Å².